The molecule has 5 aliphatic rings. The molecule has 8 rings (SSSR count). The van der Waals surface area contributed by atoms with Crippen LogP contribution < -0.4 is 30.5 Å². The molecule has 4 fully saturated rings. The van der Waals surface area contributed by atoms with E-state index < -0.39 is 35.5 Å². The number of ether oxygens (including phenoxy) is 1. The number of hydrogen-bond donors (Lipinski definition) is 3. The fourth-order valence-corrected chi connectivity index (χ4v) is 10.7. The summed E-state index contributed by atoms with van der Waals surface area (Å²) in [7, 11) is 0. The molecule has 13 nitrogen and oxygen atoms in total. The Morgan fingerprint density at radius 1 is 0.918 bits per heavy atom. The Morgan fingerprint density at radius 3 is 2.25 bits per heavy atom. The van der Waals surface area contributed by atoms with Gasteiger partial charge >= 0.3 is 0 Å². The Morgan fingerprint density at radius 2 is 1.59 bits per heavy atom. The second-order valence-electron chi connectivity index (χ2n) is 18.2. The number of benzene rings is 3. The van der Waals surface area contributed by atoms with E-state index in [2.05, 4.69) is 54.6 Å². The molecular weight excluding hydrogens is 801 g/mol. The standard InChI is InChI=1S/C46H51ClFN7O6/c1-45(2)43(46(3,4)44(45)61-31-10-7-28(24-49)34(47)21-31)52-39(57)27-5-8-30(9-6-27)53-19-15-29(16-20-53)50-17-13-26-14-18-54(25-26)37-23-33-32(22-35(37)48)41(59)55(42(33)60)36-11-12-38(56)51-40(36)58/h5-10,21-23,26,29,36,43-44,50H,11-20,25H2,1-4H3,(H,52,57)(H,51,56,58)/t26-,36-,43?,44?/m0/s1. The lowest BCUT2D eigenvalue weighted by Crippen LogP contribution is -2.74. The Kier molecular flexibility index (Phi) is 11.3. The Labute approximate surface area is 359 Å². The van der Waals surface area contributed by atoms with Crippen molar-refractivity contribution in [1.29, 1.82) is 5.26 Å². The first-order chi connectivity index (χ1) is 29.1. The lowest BCUT2D eigenvalue weighted by Gasteiger charge is -2.63. The summed E-state index contributed by atoms with van der Waals surface area (Å²) >= 11 is 6.25. The molecule has 5 amide bonds. The van der Waals surface area contributed by atoms with Crippen molar-refractivity contribution in [3.8, 4) is 11.8 Å². The van der Waals surface area contributed by atoms with Crippen LogP contribution in [0.25, 0.3) is 0 Å². The van der Waals surface area contributed by atoms with Crippen molar-refractivity contribution >= 4 is 52.5 Å². The van der Waals surface area contributed by atoms with Crippen molar-refractivity contribution in [2.75, 3.05) is 42.5 Å². The van der Waals surface area contributed by atoms with Crippen LogP contribution in [-0.2, 0) is 9.59 Å². The predicted octanol–water partition coefficient (Wildman–Crippen LogP) is 5.84. The Balaban J connectivity index is 0.776. The van der Waals surface area contributed by atoms with Crippen LogP contribution >= 0.6 is 11.6 Å². The van der Waals surface area contributed by atoms with E-state index in [4.69, 9.17) is 16.3 Å². The van der Waals surface area contributed by atoms with Crippen LogP contribution in [-0.4, -0.2) is 91.4 Å². The summed E-state index contributed by atoms with van der Waals surface area (Å²) in [5.74, 6) is -2.30. The molecule has 15 heteroatoms. The molecule has 3 N–H and O–H groups in total. The van der Waals surface area contributed by atoms with E-state index >= 15 is 4.39 Å². The number of nitrogens with one attached hydrogen (secondary N) is 3. The van der Waals surface area contributed by atoms with Crippen LogP contribution in [0.4, 0.5) is 15.8 Å². The van der Waals surface area contributed by atoms with Gasteiger partial charge in [-0.2, -0.15) is 5.26 Å². The summed E-state index contributed by atoms with van der Waals surface area (Å²) in [5.41, 5.74) is 1.63. The molecule has 3 saturated heterocycles. The topological polar surface area (TPSA) is 164 Å². The summed E-state index contributed by atoms with van der Waals surface area (Å²) in [6.45, 7) is 12.2. The number of hydrogen-bond acceptors (Lipinski definition) is 10. The fourth-order valence-electron chi connectivity index (χ4n) is 10.5. The monoisotopic (exact) mass is 851 g/mol. The van der Waals surface area contributed by atoms with Gasteiger partial charge in [-0.3, -0.25) is 34.2 Å². The molecule has 0 unspecified atom stereocenters. The van der Waals surface area contributed by atoms with Gasteiger partial charge in [-0.05, 0) is 93.1 Å². The normalized spacial score (nSPS) is 24.6. The van der Waals surface area contributed by atoms with Crippen LogP contribution in [0.5, 0.6) is 5.75 Å². The minimum Gasteiger partial charge on any atom is -0.489 e. The number of anilines is 2. The molecule has 0 aromatic heterocycles. The number of carbonyl (C=O) groups is 5. The van der Waals surface area contributed by atoms with Gasteiger partial charge in [0.2, 0.25) is 11.8 Å². The SMILES string of the molecule is CC1(C)C(NC(=O)c2ccc(N3CCC(NCC[C@H]4CCN(c5cc6c(cc5F)C(=O)N([C@H]5CCC(=O)NC5=O)C6=O)C4)CC3)cc2)C(C)(C)C1Oc1ccc(C#N)c(Cl)c1. The fraction of sp³-hybridized carbons (Fsp3) is 0.478. The number of halogens is 2. The maximum absolute atomic E-state index is 15.4. The third-order valence-electron chi connectivity index (χ3n) is 13.5. The van der Waals surface area contributed by atoms with Crippen molar-refractivity contribution in [3.63, 3.8) is 0 Å². The first-order valence-corrected chi connectivity index (χ1v) is 21.5. The van der Waals surface area contributed by atoms with E-state index in [0.717, 1.165) is 62.0 Å². The van der Waals surface area contributed by atoms with Gasteiger partial charge in [0, 0.05) is 72.8 Å². The zero-order valence-electron chi connectivity index (χ0n) is 34.9. The molecule has 4 aliphatic heterocycles. The van der Waals surface area contributed by atoms with Crippen molar-refractivity contribution in [3.05, 3.63) is 87.7 Å². The first-order valence-electron chi connectivity index (χ1n) is 21.1. The minimum absolute atomic E-state index is 0.0175. The number of rotatable bonds is 11. The molecule has 1 saturated carbocycles. The zero-order valence-corrected chi connectivity index (χ0v) is 35.6. The highest BCUT2D eigenvalue weighted by molar-refractivity contribution is 6.31. The highest BCUT2D eigenvalue weighted by atomic mass is 35.5. The van der Waals surface area contributed by atoms with Gasteiger partial charge in [0.05, 0.1) is 27.4 Å². The first kappa shape index (κ1) is 42.2. The van der Waals surface area contributed by atoms with E-state index in [0.29, 0.717) is 46.9 Å². The number of nitrogens with zero attached hydrogens (tertiary/aromatic N) is 4. The molecule has 3 aromatic carbocycles. The number of imide groups is 2. The summed E-state index contributed by atoms with van der Waals surface area (Å²) in [4.78, 5) is 69.1. The van der Waals surface area contributed by atoms with Gasteiger partial charge in [-0.15, -0.1) is 0 Å². The average molecular weight is 852 g/mol. The number of piperidine rings is 2. The van der Waals surface area contributed by atoms with E-state index in [9.17, 15) is 29.2 Å². The highest BCUT2D eigenvalue weighted by Gasteiger charge is 2.64. The third kappa shape index (κ3) is 7.94. The molecule has 1 aliphatic carbocycles. The lowest BCUT2D eigenvalue weighted by atomic mass is 9.49. The lowest BCUT2D eigenvalue weighted by molar-refractivity contribution is -0.164. The molecule has 61 heavy (non-hydrogen) atoms. The van der Waals surface area contributed by atoms with Crippen molar-refractivity contribution < 1.29 is 33.1 Å². The van der Waals surface area contributed by atoms with Gasteiger partial charge < -0.3 is 25.2 Å². The molecule has 0 bridgehead atoms. The number of amides is 5. The van der Waals surface area contributed by atoms with Crippen molar-refractivity contribution in [2.24, 2.45) is 16.7 Å². The summed E-state index contributed by atoms with van der Waals surface area (Å²) in [6, 6.07) is 16.6. The van der Waals surface area contributed by atoms with Gasteiger partial charge in [0.25, 0.3) is 17.7 Å². The molecule has 320 valence electrons. The number of carbonyl (C=O) groups excluding carboxylic acids is 5. The molecule has 2 atom stereocenters. The van der Waals surface area contributed by atoms with Crippen LogP contribution in [0.2, 0.25) is 5.02 Å². The van der Waals surface area contributed by atoms with Crippen LogP contribution in [0.3, 0.4) is 0 Å². The van der Waals surface area contributed by atoms with Crippen molar-refractivity contribution in [1.82, 2.24) is 20.9 Å². The van der Waals surface area contributed by atoms with E-state index in [1.807, 2.05) is 29.2 Å². The summed E-state index contributed by atoms with van der Waals surface area (Å²) in [5, 5.41) is 18.7. The maximum Gasteiger partial charge on any atom is 0.262 e. The number of nitriles is 1. The van der Waals surface area contributed by atoms with Gasteiger partial charge in [0.1, 0.15) is 29.8 Å². The van der Waals surface area contributed by atoms with Gasteiger partial charge in [-0.1, -0.05) is 39.3 Å². The largest absolute Gasteiger partial charge is 0.489 e. The minimum atomic E-state index is -1.10. The molecular formula is C46H51ClFN7O6. The Hall–Kier alpha value is -5.52. The zero-order chi connectivity index (χ0) is 43.4. The molecule has 0 spiro atoms. The maximum atomic E-state index is 15.4. The highest BCUT2D eigenvalue weighted by Crippen LogP contribution is 2.55. The third-order valence-corrected chi connectivity index (χ3v) is 13.9. The second-order valence-corrected chi connectivity index (χ2v) is 18.7. The van der Waals surface area contributed by atoms with E-state index in [1.54, 1.807) is 18.2 Å². The van der Waals surface area contributed by atoms with Gasteiger partial charge in [-0.25, -0.2) is 4.39 Å². The number of fused-ring (bicyclic) bond motifs is 1. The molecule has 3 aromatic rings. The summed E-state index contributed by atoms with van der Waals surface area (Å²) < 4.78 is 21.8. The second kappa shape index (κ2) is 16.4. The average Bonchev–Trinajstić information content (AvgIpc) is 3.79. The Bertz CT molecular complexity index is 2310. The molecule has 0 radical (unpaired) electrons. The van der Waals surface area contributed by atoms with Gasteiger partial charge in [0.15, 0.2) is 0 Å². The van der Waals surface area contributed by atoms with Crippen LogP contribution in [0.1, 0.15) is 103 Å². The van der Waals surface area contributed by atoms with Crippen molar-refractivity contribution in [2.45, 2.75) is 90.4 Å². The predicted molar refractivity (Wildman–Crippen MR) is 227 cm³/mol. The van der Waals surface area contributed by atoms with Crippen LogP contribution in [0, 0.1) is 33.9 Å². The summed E-state index contributed by atoms with van der Waals surface area (Å²) in [6.07, 6.45) is 3.62. The van der Waals surface area contributed by atoms with E-state index in [-0.39, 0.29) is 58.5 Å². The van der Waals surface area contributed by atoms with E-state index in [1.165, 1.54) is 6.07 Å². The van der Waals surface area contributed by atoms with Crippen LogP contribution in [0.15, 0.2) is 54.6 Å². The smallest absolute Gasteiger partial charge is 0.262 e. The molecule has 4 heterocycles. The quantitative estimate of drug-likeness (QED) is 0.200.